The van der Waals surface area contributed by atoms with Gasteiger partial charge >= 0.3 is 6.09 Å². The highest BCUT2D eigenvalue weighted by Gasteiger charge is 2.20. The Morgan fingerprint density at radius 2 is 2.19 bits per heavy atom. The number of nitrogens with one attached hydrogen (secondary N) is 1. The molecule has 21 heavy (non-hydrogen) atoms. The van der Waals surface area contributed by atoms with E-state index >= 15 is 0 Å². The molecule has 0 aliphatic carbocycles. The van der Waals surface area contributed by atoms with Gasteiger partial charge in [-0.1, -0.05) is 18.2 Å². The minimum Gasteiger partial charge on any atom is -0.448 e. The number of benzene rings is 1. The highest BCUT2D eigenvalue weighted by atomic mass is 16.6. The van der Waals surface area contributed by atoms with Crippen LogP contribution >= 0.6 is 0 Å². The molecule has 1 aromatic carbocycles. The average Bonchev–Trinajstić information content (AvgIpc) is 2.88. The van der Waals surface area contributed by atoms with Crippen LogP contribution in [0.2, 0.25) is 0 Å². The maximum atomic E-state index is 11.9. The molecule has 1 N–H and O–H groups in total. The summed E-state index contributed by atoms with van der Waals surface area (Å²) in [5.41, 5.74) is 1.63. The molecule has 0 atom stereocenters. The number of hydrogen-bond acceptors (Lipinski definition) is 4. The maximum Gasteiger partial charge on any atom is 0.410 e. The van der Waals surface area contributed by atoms with Gasteiger partial charge in [0.25, 0.3) is 5.91 Å². The fourth-order valence-corrected chi connectivity index (χ4v) is 2.07. The van der Waals surface area contributed by atoms with Crippen molar-refractivity contribution >= 4 is 12.0 Å². The van der Waals surface area contributed by atoms with Crippen molar-refractivity contribution in [2.45, 2.75) is 6.92 Å². The van der Waals surface area contributed by atoms with Crippen molar-refractivity contribution in [3.05, 3.63) is 35.4 Å². The van der Waals surface area contributed by atoms with Crippen LogP contribution < -0.4 is 5.32 Å². The average molecular weight is 292 g/mol. The van der Waals surface area contributed by atoms with Gasteiger partial charge in [-0.3, -0.25) is 4.79 Å². The third-order valence-corrected chi connectivity index (χ3v) is 3.27. The lowest BCUT2D eigenvalue weighted by Gasteiger charge is -2.12. The molecular formula is C15H20N2O4. The van der Waals surface area contributed by atoms with Gasteiger partial charge in [0.05, 0.1) is 19.8 Å². The third-order valence-electron chi connectivity index (χ3n) is 3.27. The molecule has 0 bridgehead atoms. The van der Waals surface area contributed by atoms with Crippen molar-refractivity contribution in [1.82, 2.24) is 10.2 Å². The van der Waals surface area contributed by atoms with E-state index in [1.165, 1.54) is 0 Å². The van der Waals surface area contributed by atoms with Crippen molar-refractivity contribution in [2.24, 2.45) is 0 Å². The number of nitrogens with zero attached hydrogens (tertiary/aromatic N) is 1. The molecule has 1 aliphatic rings. The van der Waals surface area contributed by atoms with Gasteiger partial charge in [-0.15, -0.1) is 0 Å². The van der Waals surface area contributed by atoms with Gasteiger partial charge < -0.3 is 19.7 Å². The van der Waals surface area contributed by atoms with Crippen LogP contribution in [-0.4, -0.2) is 56.4 Å². The van der Waals surface area contributed by atoms with E-state index in [0.717, 1.165) is 5.56 Å². The van der Waals surface area contributed by atoms with Crippen LogP contribution in [0.25, 0.3) is 0 Å². The van der Waals surface area contributed by atoms with Crippen molar-refractivity contribution < 1.29 is 19.1 Å². The summed E-state index contributed by atoms with van der Waals surface area (Å²) in [6.45, 7) is 4.79. The van der Waals surface area contributed by atoms with Crippen LogP contribution in [0.15, 0.2) is 24.3 Å². The van der Waals surface area contributed by atoms with E-state index in [4.69, 9.17) is 9.47 Å². The van der Waals surface area contributed by atoms with Crippen LogP contribution in [0, 0.1) is 6.92 Å². The van der Waals surface area contributed by atoms with Gasteiger partial charge in [0.1, 0.15) is 6.61 Å². The molecule has 114 valence electrons. The molecule has 1 fully saturated rings. The van der Waals surface area contributed by atoms with Crippen LogP contribution in [-0.2, 0) is 9.47 Å². The van der Waals surface area contributed by atoms with Gasteiger partial charge in [-0.2, -0.15) is 0 Å². The summed E-state index contributed by atoms with van der Waals surface area (Å²) in [6.07, 6.45) is -0.286. The molecule has 1 heterocycles. The zero-order chi connectivity index (χ0) is 15.1. The highest BCUT2D eigenvalue weighted by Crippen LogP contribution is 2.06. The van der Waals surface area contributed by atoms with E-state index in [1.807, 2.05) is 25.1 Å². The first-order chi connectivity index (χ1) is 10.2. The first-order valence-electron chi connectivity index (χ1n) is 7.02. The maximum absolute atomic E-state index is 11.9. The lowest BCUT2D eigenvalue weighted by atomic mass is 10.1. The van der Waals surface area contributed by atoms with Gasteiger partial charge in [0, 0.05) is 18.7 Å². The molecule has 1 aromatic rings. The van der Waals surface area contributed by atoms with E-state index in [1.54, 1.807) is 11.0 Å². The molecule has 2 amide bonds. The molecule has 1 saturated heterocycles. The standard InChI is InChI=1S/C15H20N2O4/c1-12-4-2-3-5-13(12)14(18)16-6-9-20-10-7-17-8-11-21-15(17)19/h2-5H,6-11H2,1H3,(H,16,18). The number of aryl methyl sites for hydroxylation is 1. The monoisotopic (exact) mass is 292 g/mol. The number of cyclic esters (lactones) is 1. The Hall–Kier alpha value is -2.08. The van der Waals surface area contributed by atoms with Gasteiger partial charge in [0.15, 0.2) is 0 Å². The zero-order valence-corrected chi connectivity index (χ0v) is 12.1. The largest absolute Gasteiger partial charge is 0.448 e. The zero-order valence-electron chi connectivity index (χ0n) is 12.1. The van der Waals surface area contributed by atoms with Crippen molar-refractivity contribution in [1.29, 1.82) is 0 Å². The lowest BCUT2D eigenvalue weighted by molar-refractivity contribution is 0.0895. The number of carbonyl (C=O) groups excluding carboxylic acids is 2. The van der Waals surface area contributed by atoms with Crippen LogP contribution in [0.5, 0.6) is 0 Å². The second kappa shape index (κ2) is 7.64. The number of amides is 2. The fourth-order valence-electron chi connectivity index (χ4n) is 2.07. The van der Waals surface area contributed by atoms with Crippen molar-refractivity contribution in [2.75, 3.05) is 39.5 Å². The predicted octanol–water partition coefficient (Wildman–Crippen LogP) is 1.19. The summed E-state index contributed by atoms with van der Waals surface area (Å²) in [5.74, 6) is -0.0974. The Morgan fingerprint density at radius 1 is 1.38 bits per heavy atom. The first kappa shape index (κ1) is 15.3. The number of hydrogen-bond donors (Lipinski definition) is 1. The number of carbonyl (C=O) groups is 2. The summed E-state index contributed by atoms with van der Waals surface area (Å²) in [4.78, 5) is 24.7. The van der Waals surface area contributed by atoms with Gasteiger partial charge in [0.2, 0.25) is 0 Å². The number of ether oxygens (including phenoxy) is 2. The smallest absolute Gasteiger partial charge is 0.410 e. The van der Waals surface area contributed by atoms with E-state index in [-0.39, 0.29) is 12.0 Å². The Bertz CT molecular complexity index is 504. The molecular weight excluding hydrogens is 272 g/mol. The number of rotatable bonds is 7. The topological polar surface area (TPSA) is 67.9 Å². The first-order valence-corrected chi connectivity index (χ1v) is 7.02. The summed E-state index contributed by atoms with van der Waals surface area (Å²) >= 11 is 0. The predicted molar refractivity (Wildman–Crippen MR) is 77.3 cm³/mol. The Labute approximate surface area is 124 Å². The van der Waals surface area contributed by atoms with Gasteiger partial charge in [-0.25, -0.2) is 4.79 Å². The summed E-state index contributed by atoms with van der Waals surface area (Å²) < 4.78 is 10.2. The molecule has 0 radical (unpaired) electrons. The fraction of sp³-hybridized carbons (Fsp3) is 0.467. The normalized spacial score (nSPS) is 14.1. The third kappa shape index (κ3) is 4.46. The van der Waals surface area contributed by atoms with Crippen molar-refractivity contribution in [3.63, 3.8) is 0 Å². The van der Waals surface area contributed by atoms with Crippen LogP contribution in [0.4, 0.5) is 4.79 Å². The van der Waals surface area contributed by atoms with Crippen LogP contribution in [0.3, 0.4) is 0 Å². The summed E-state index contributed by atoms with van der Waals surface area (Å²) in [7, 11) is 0. The summed E-state index contributed by atoms with van der Waals surface area (Å²) in [6, 6.07) is 7.44. The van der Waals surface area contributed by atoms with E-state index in [2.05, 4.69) is 5.32 Å². The van der Waals surface area contributed by atoms with Gasteiger partial charge in [-0.05, 0) is 18.6 Å². The minimum absolute atomic E-state index is 0.0974. The Morgan fingerprint density at radius 3 is 2.90 bits per heavy atom. The quantitative estimate of drug-likeness (QED) is 0.767. The second-order valence-electron chi connectivity index (χ2n) is 4.78. The second-order valence-corrected chi connectivity index (χ2v) is 4.78. The summed E-state index contributed by atoms with van der Waals surface area (Å²) in [5, 5.41) is 2.81. The van der Waals surface area contributed by atoms with Crippen molar-refractivity contribution in [3.8, 4) is 0 Å². The lowest BCUT2D eigenvalue weighted by Crippen LogP contribution is -2.31. The van der Waals surface area contributed by atoms with E-state index in [0.29, 0.717) is 45.0 Å². The SMILES string of the molecule is Cc1ccccc1C(=O)NCCOCCN1CCOC1=O. The van der Waals surface area contributed by atoms with Crippen LogP contribution in [0.1, 0.15) is 15.9 Å². The molecule has 0 saturated carbocycles. The Balaban J connectivity index is 1.58. The Kier molecular flexibility index (Phi) is 5.57. The molecule has 2 rings (SSSR count). The molecule has 0 unspecified atom stereocenters. The van der Waals surface area contributed by atoms with E-state index in [9.17, 15) is 9.59 Å². The molecule has 0 spiro atoms. The molecule has 1 aliphatic heterocycles. The molecule has 6 nitrogen and oxygen atoms in total. The highest BCUT2D eigenvalue weighted by molar-refractivity contribution is 5.95. The minimum atomic E-state index is -0.286. The molecule has 6 heteroatoms. The molecule has 0 aromatic heterocycles. The van der Waals surface area contributed by atoms with E-state index < -0.39 is 0 Å².